The summed E-state index contributed by atoms with van der Waals surface area (Å²) >= 11 is 1.29. The van der Waals surface area contributed by atoms with E-state index in [2.05, 4.69) is 26.7 Å². The summed E-state index contributed by atoms with van der Waals surface area (Å²) in [5, 5.41) is 14.7. The van der Waals surface area contributed by atoms with Gasteiger partial charge in [0.15, 0.2) is 0 Å². The third-order valence-corrected chi connectivity index (χ3v) is 4.95. The molecule has 6 heteroatoms. The molecule has 1 aromatic heterocycles. The molecule has 0 bridgehead atoms. The van der Waals surface area contributed by atoms with Crippen molar-refractivity contribution < 1.29 is 9.90 Å². The fourth-order valence-corrected chi connectivity index (χ4v) is 3.69. The number of likely N-dealkylation sites (tertiary alicyclic amines) is 1. The van der Waals surface area contributed by atoms with Gasteiger partial charge in [-0.2, -0.15) is 4.37 Å². The second-order valence-electron chi connectivity index (χ2n) is 5.98. The Morgan fingerprint density at radius 1 is 1.43 bits per heavy atom. The molecule has 122 valence electrons. The zero-order chi connectivity index (χ0) is 16.2. The number of aryl methyl sites for hydroxylation is 1. The van der Waals surface area contributed by atoms with Crippen molar-refractivity contribution >= 4 is 17.4 Å². The topological polar surface area (TPSA) is 65.5 Å². The third-order valence-electron chi connectivity index (χ3n) is 4.23. The molecule has 1 aliphatic heterocycles. The number of aliphatic hydroxyl groups excluding tert-OH is 1. The molecule has 1 aromatic carbocycles. The number of hydrogen-bond acceptors (Lipinski definition) is 5. The van der Waals surface area contributed by atoms with Crippen molar-refractivity contribution in [2.75, 3.05) is 13.1 Å². The predicted octanol–water partition coefficient (Wildman–Crippen LogP) is 1.82. The smallest absolute Gasteiger partial charge is 0.254 e. The fraction of sp³-hybridized carbons (Fsp3) is 0.412. The number of hydrogen-bond donors (Lipinski definition) is 2. The number of nitrogens with zero attached hydrogens (tertiary/aromatic N) is 2. The number of rotatable bonds is 5. The fourth-order valence-electron chi connectivity index (χ4n) is 3.00. The zero-order valence-electron chi connectivity index (χ0n) is 13.1. The van der Waals surface area contributed by atoms with Crippen LogP contribution < -0.4 is 5.32 Å². The van der Waals surface area contributed by atoms with Crippen molar-refractivity contribution in [3.63, 3.8) is 0 Å². The number of amides is 1. The Labute approximate surface area is 140 Å². The lowest BCUT2D eigenvalue weighted by Gasteiger charge is -2.24. The summed E-state index contributed by atoms with van der Waals surface area (Å²) in [5.41, 5.74) is 2.62. The van der Waals surface area contributed by atoms with Crippen LogP contribution in [0.15, 0.2) is 35.7 Å². The molecule has 1 aliphatic rings. The number of carbonyl (C=O) groups is 1. The summed E-state index contributed by atoms with van der Waals surface area (Å²) in [5.74, 6) is -0.0858. The monoisotopic (exact) mass is 331 g/mol. The summed E-state index contributed by atoms with van der Waals surface area (Å²) in [7, 11) is 0. The molecular weight excluding hydrogens is 310 g/mol. The van der Waals surface area contributed by atoms with Crippen LogP contribution in [0.4, 0.5) is 0 Å². The number of carbonyl (C=O) groups excluding carboxylic acids is 1. The van der Waals surface area contributed by atoms with Crippen LogP contribution in [0, 0.1) is 6.92 Å². The van der Waals surface area contributed by atoms with Gasteiger partial charge in [0.1, 0.15) is 0 Å². The van der Waals surface area contributed by atoms with E-state index in [1.54, 1.807) is 5.38 Å². The van der Waals surface area contributed by atoms with Gasteiger partial charge in [-0.05, 0) is 30.4 Å². The van der Waals surface area contributed by atoms with E-state index in [0.717, 1.165) is 12.2 Å². The Bertz CT molecular complexity index is 659. The molecule has 0 saturated carbocycles. The van der Waals surface area contributed by atoms with Crippen LogP contribution in [0.5, 0.6) is 0 Å². The van der Waals surface area contributed by atoms with Crippen molar-refractivity contribution in [2.24, 2.45) is 0 Å². The van der Waals surface area contributed by atoms with Crippen LogP contribution in [0.2, 0.25) is 0 Å². The predicted molar refractivity (Wildman–Crippen MR) is 90.4 cm³/mol. The van der Waals surface area contributed by atoms with Gasteiger partial charge in [0, 0.05) is 31.1 Å². The maximum atomic E-state index is 12.2. The molecular formula is C17H21N3O2S. The van der Waals surface area contributed by atoms with Crippen molar-refractivity contribution in [2.45, 2.75) is 32.0 Å². The first-order valence-corrected chi connectivity index (χ1v) is 8.62. The summed E-state index contributed by atoms with van der Waals surface area (Å²) in [6.45, 7) is 3.82. The van der Waals surface area contributed by atoms with E-state index in [9.17, 15) is 9.90 Å². The average Bonchev–Trinajstić information content (AvgIpc) is 3.12. The largest absolute Gasteiger partial charge is 0.392 e. The zero-order valence-corrected chi connectivity index (χ0v) is 13.9. The molecule has 3 rings (SSSR count). The molecule has 1 amide bonds. The third kappa shape index (κ3) is 3.96. The van der Waals surface area contributed by atoms with Crippen LogP contribution in [-0.4, -0.2) is 45.5 Å². The first-order valence-electron chi connectivity index (χ1n) is 7.78. The minimum Gasteiger partial charge on any atom is -0.392 e. The highest BCUT2D eigenvalue weighted by Crippen LogP contribution is 2.20. The van der Waals surface area contributed by atoms with E-state index < -0.39 is 0 Å². The van der Waals surface area contributed by atoms with Gasteiger partial charge >= 0.3 is 0 Å². The van der Waals surface area contributed by atoms with E-state index >= 15 is 0 Å². The number of aromatic nitrogens is 1. The summed E-state index contributed by atoms with van der Waals surface area (Å²) in [4.78, 5) is 14.4. The minimum absolute atomic E-state index is 0.0858. The van der Waals surface area contributed by atoms with Crippen LogP contribution >= 0.6 is 11.5 Å². The van der Waals surface area contributed by atoms with E-state index in [0.29, 0.717) is 25.1 Å². The average molecular weight is 331 g/mol. The number of benzene rings is 1. The van der Waals surface area contributed by atoms with Gasteiger partial charge in [0.05, 0.1) is 17.4 Å². The molecule has 2 N–H and O–H groups in total. The lowest BCUT2D eigenvalue weighted by atomic mass is 10.1. The summed E-state index contributed by atoms with van der Waals surface area (Å²) in [6, 6.07) is 10.4. The lowest BCUT2D eigenvalue weighted by molar-refractivity contribution is 0.0939. The van der Waals surface area contributed by atoms with Crippen molar-refractivity contribution in [3.8, 4) is 0 Å². The van der Waals surface area contributed by atoms with Crippen LogP contribution in [-0.2, 0) is 6.54 Å². The highest BCUT2D eigenvalue weighted by molar-refractivity contribution is 7.03. The van der Waals surface area contributed by atoms with E-state index in [1.165, 1.54) is 17.1 Å². The molecule has 5 nitrogen and oxygen atoms in total. The molecule has 1 fully saturated rings. The van der Waals surface area contributed by atoms with Crippen molar-refractivity contribution in [1.29, 1.82) is 0 Å². The first-order chi connectivity index (χ1) is 11.1. The van der Waals surface area contributed by atoms with Gasteiger partial charge in [-0.15, -0.1) is 0 Å². The Morgan fingerprint density at radius 3 is 2.91 bits per heavy atom. The van der Waals surface area contributed by atoms with Gasteiger partial charge in [-0.1, -0.05) is 30.3 Å². The Hall–Kier alpha value is -1.76. The number of β-amino-alcohol motifs (C(OH)–C–C–N with tert-alkyl or cyclic N) is 1. The SMILES string of the molecule is Cc1nscc1C(=O)NCC1CC(O)CN1Cc1ccccc1. The van der Waals surface area contributed by atoms with Crippen LogP contribution in [0.3, 0.4) is 0 Å². The van der Waals surface area contributed by atoms with Gasteiger partial charge in [-0.25, -0.2) is 0 Å². The second-order valence-corrected chi connectivity index (χ2v) is 6.61. The van der Waals surface area contributed by atoms with E-state index in [4.69, 9.17) is 0 Å². The lowest BCUT2D eigenvalue weighted by Crippen LogP contribution is -2.39. The Balaban J connectivity index is 1.59. The van der Waals surface area contributed by atoms with Gasteiger partial charge in [0.25, 0.3) is 5.91 Å². The van der Waals surface area contributed by atoms with Gasteiger partial charge in [0.2, 0.25) is 0 Å². The highest BCUT2D eigenvalue weighted by atomic mass is 32.1. The molecule has 2 unspecified atom stereocenters. The molecule has 0 spiro atoms. The van der Waals surface area contributed by atoms with Gasteiger partial charge < -0.3 is 10.4 Å². The van der Waals surface area contributed by atoms with E-state index in [1.807, 2.05) is 25.1 Å². The molecule has 0 radical (unpaired) electrons. The molecule has 1 saturated heterocycles. The summed E-state index contributed by atoms with van der Waals surface area (Å²) < 4.78 is 4.13. The molecule has 0 aliphatic carbocycles. The maximum Gasteiger partial charge on any atom is 0.254 e. The first kappa shape index (κ1) is 16.1. The number of nitrogens with one attached hydrogen (secondary N) is 1. The highest BCUT2D eigenvalue weighted by Gasteiger charge is 2.31. The van der Waals surface area contributed by atoms with Crippen LogP contribution in [0.25, 0.3) is 0 Å². The molecule has 2 heterocycles. The molecule has 2 aromatic rings. The Morgan fingerprint density at radius 2 is 2.22 bits per heavy atom. The normalized spacial score (nSPS) is 21.5. The Kier molecular flexibility index (Phi) is 5.05. The van der Waals surface area contributed by atoms with Gasteiger partial charge in [-0.3, -0.25) is 9.69 Å². The quantitative estimate of drug-likeness (QED) is 0.877. The van der Waals surface area contributed by atoms with E-state index in [-0.39, 0.29) is 18.1 Å². The maximum absolute atomic E-state index is 12.2. The molecule has 2 atom stereocenters. The number of aliphatic hydroxyl groups is 1. The minimum atomic E-state index is -0.329. The summed E-state index contributed by atoms with van der Waals surface area (Å²) in [6.07, 6.45) is 0.360. The second kappa shape index (κ2) is 7.21. The van der Waals surface area contributed by atoms with Crippen molar-refractivity contribution in [3.05, 3.63) is 52.5 Å². The molecule has 23 heavy (non-hydrogen) atoms. The van der Waals surface area contributed by atoms with Crippen LogP contribution in [0.1, 0.15) is 28.0 Å². The standard InChI is InChI=1S/C17H21N3O2S/c1-12-16(11-23-19-12)17(22)18-8-14-7-15(21)10-20(14)9-13-5-3-2-4-6-13/h2-6,11,14-15,21H,7-10H2,1H3,(H,18,22). The van der Waals surface area contributed by atoms with Crippen molar-refractivity contribution in [1.82, 2.24) is 14.6 Å².